The maximum absolute atomic E-state index is 11.4. The Labute approximate surface area is 67.9 Å². The summed E-state index contributed by atoms with van der Waals surface area (Å²) in [5.41, 5.74) is -0.107. The Kier molecular flexibility index (Phi) is 2.66. The van der Waals surface area contributed by atoms with Crippen molar-refractivity contribution in [2.24, 2.45) is 5.41 Å². The first kappa shape index (κ1) is 8.72. The van der Waals surface area contributed by atoms with Crippen molar-refractivity contribution < 1.29 is 9.53 Å². The number of ether oxygens (including phenoxy) is 1. The molecular formula is C9H16O2. The van der Waals surface area contributed by atoms with Crippen LogP contribution >= 0.6 is 0 Å². The van der Waals surface area contributed by atoms with E-state index < -0.39 is 0 Å². The lowest BCUT2D eigenvalue weighted by molar-refractivity contribution is -0.129. The van der Waals surface area contributed by atoms with E-state index in [4.69, 9.17) is 4.74 Å². The highest BCUT2D eigenvalue weighted by Gasteiger charge is 2.27. The van der Waals surface area contributed by atoms with E-state index in [1.807, 2.05) is 13.8 Å². The largest absolute Gasteiger partial charge is 0.381 e. The topological polar surface area (TPSA) is 26.3 Å². The van der Waals surface area contributed by atoms with Crippen molar-refractivity contribution in [2.45, 2.75) is 33.1 Å². The van der Waals surface area contributed by atoms with Gasteiger partial charge in [-0.1, -0.05) is 13.8 Å². The molecule has 0 amide bonds. The molecule has 0 spiro atoms. The zero-order valence-corrected chi connectivity index (χ0v) is 7.35. The maximum atomic E-state index is 11.4. The van der Waals surface area contributed by atoms with Crippen LogP contribution in [0.4, 0.5) is 0 Å². The molecule has 0 aliphatic carbocycles. The second-order valence-electron chi connectivity index (χ2n) is 3.77. The second-order valence-corrected chi connectivity index (χ2v) is 3.77. The SMILES string of the molecule is CC1(C)CCCOCCC1=O. The van der Waals surface area contributed by atoms with Crippen LogP contribution in [0.2, 0.25) is 0 Å². The smallest absolute Gasteiger partial charge is 0.140 e. The zero-order chi connectivity index (χ0) is 8.32. The quantitative estimate of drug-likeness (QED) is 0.534. The molecule has 0 aromatic heterocycles. The molecule has 11 heavy (non-hydrogen) atoms. The zero-order valence-electron chi connectivity index (χ0n) is 7.35. The van der Waals surface area contributed by atoms with E-state index in [0.29, 0.717) is 18.8 Å². The van der Waals surface area contributed by atoms with Gasteiger partial charge in [-0.15, -0.1) is 0 Å². The summed E-state index contributed by atoms with van der Waals surface area (Å²) >= 11 is 0. The molecule has 0 saturated carbocycles. The van der Waals surface area contributed by atoms with Crippen molar-refractivity contribution in [3.05, 3.63) is 0 Å². The van der Waals surface area contributed by atoms with Gasteiger partial charge in [0.1, 0.15) is 5.78 Å². The molecular weight excluding hydrogens is 140 g/mol. The van der Waals surface area contributed by atoms with Crippen LogP contribution in [0.15, 0.2) is 0 Å². The summed E-state index contributed by atoms with van der Waals surface area (Å²) in [5.74, 6) is 0.345. The minimum atomic E-state index is -0.107. The lowest BCUT2D eigenvalue weighted by atomic mass is 9.82. The first-order chi connectivity index (χ1) is 5.13. The molecule has 2 nitrogen and oxygen atoms in total. The van der Waals surface area contributed by atoms with Gasteiger partial charge in [-0.3, -0.25) is 4.79 Å². The third kappa shape index (κ3) is 2.29. The van der Waals surface area contributed by atoms with Crippen molar-refractivity contribution in [2.75, 3.05) is 13.2 Å². The number of hydrogen-bond acceptors (Lipinski definition) is 2. The van der Waals surface area contributed by atoms with Gasteiger partial charge in [0.2, 0.25) is 0 Å². The standard InChI is InChI=1S/C9H16O2/c1-9(2)5-3-6-11-7-4-8(9)10/h3-7H2,1-2H3. The summed E-state index contributed by atoms with van der Waals surface area (Å²) in [6.45, 7) is 5.49. The Hall–Kier alpha value is -0.370. The molecule has 0 unspecified atom stereocenters. The summed E-state index contributed by atoms with van der Waals surface area (Å²) in [4.78, 5) is 11.4. The van der Waals surface area contributed by atoms with Crippen molar-refractivity contribution in [1.29, 1.82) is 0 Å². The minimum absolute atomic E-state index is 0.107. The Bertz CT molecular complexity index is 150. The minimum Gasteiger partial charge on any atom is -0.381 e. The molecule has 1 saturated heterocycles. The monoisotopic (exact) mass is 156 g/mol. The molecule has 0 atom stereocenters. The van der Waals surface area contributed by atoms with Crippen LogP contribution in [0.1, 0.15) is 33.1 Å². The van der Waals surface area contributed by atoms with E-state index >= 15 is 0 Å². The molecule has 0 N–H and O–H groups in total. The molecule has 2 heteroatoms. The van der Waals surface area contributed by atoms with Crippen molar-refractivity contribution in [1.82, 2.24) is 0 Å². The van der Waals surface area contributed by atoms with Crippen LogP contribution in [0.25, 0.3) is 0 Å². The fourth-order valence-corrected chi connectivity index (χ4v) is 1.36. The number of carbonyl (C=O) groups excluding carboxylic acids is 1. The summed E-state index contributed by atoms with van der Waals surface area (Å²) in [7, 11) is 0. The van der Waals surface area contributed by atoms with Gasteiger partial charge in [-0.25, -0.2) is 0 Å². The lowest BCUT2D eigenvalue weighted by Crippen LogP contribution is -2.27. The molecule has 0 bridgehead atoms. The Morgan fingerprint density at radius 2 is 2.09 bits per heavy atom. The predicted molar refractivity (Wildman–Crippen MR) is 43.5 cm³/mol. The van der Waals surface area contributed by atoms with E-state index in [1.54, 1.807) is 0 Å². The molecule has 0 aromatic carbocycles. The number of ketones is 1. The summed E-state index contributed by atoms with van der Waals surface area (Å²) in [6, 6.07) is 0. The van der Waals surface area contributed by atoms with E-state index in [-0.39, 0.29) is 5.41 Å². The summed E-state index contributed by atoms with van der Waals surface area (Å²) in [6.07, 6.45) is 2.57. The number of rotatable bonds is 0. The van der Waals surface area contributed by atoms with Gasteiger partial charge in [0.25, 0.3) is 0 Å². The van der Waals surface area contributed by atoms with Gasteiger partial charge < -0.3 is 4.74 Å². The molecule has 64 valence electrons. The molecule has 1 aliphatic rings. The summed E-state index contributed by atoms with van der Waals surface area (Å²) < 4.78 is 5.22. The number of carbonyl (C=O) groups is 1. The average Bonchev–Trinajstić information content (AvgIpc) is 1.93. The van der Waals surface area contributed by atoms with Gasteiger partial charge in [-0.05, 0) is 12.8 Å². The van der Waals surface area contributed by atoms with Gasteiger partial charge in [0.15, 0.2) is 0 Å². The highest BCUT2D eigenvalue weighted by atomic mass is 16.5. The van der Waals surface area contributed by atoms with E-state index in [9.17, 15) is 4.79 Å². The van der Waals surface area contributed by atoms with Crippen LogP contribution in [0.5, 0.6) is 0 Å². The second kappa shape index (κ2) is 3.35. The molecule has 0 aromatic rings. The molecule has 1 rings (SSSR count). The number of hydrogen-bond donors (Lipinski definition) is 0. The molecule has 0 radical (unpaired) electrons. The van der Waals surface area contributed by atoms with E-state index in [2.05, 4.69) is 0 Å². The highest BCUT2D eigenvalue weighted by molar-refractivity contribution is 5.84. The summed E-state index contributed by atoms with van der Waals surface area (Å²) in [5, 5.41) is 0. The normalized spacial score (nSPS) is 25.8. The predicted octanol–water partition coefficient (Wildman–Crippen LogP) is 1.78. The Morgan fingerprint density at radius 1 is 1.36 bits per heavy atom. The van der Waals surface area contributed by atoms with Crippen LogP contribution in [-0.2, 0) is 9.53 Å². The van der Waals surface area contributed by atoms with Crippen molar-refractivity contribution >= 4 is 5.78 Å². The maximum Gasteiger partial charge on any atom is 0.140 e. The van der Waals surface area contributed by atoms with E-state index in [1.165, 1.54) is 0 Å². The van der Waals surface area contributed by atoms with Crippen LogP contribution in [-0.4, -0.2) is 19.0 Å². The fraction of sp³-hybridized carbons (Fsp3) is 0.889. The van der Waals surface area contributed by atoms with Gasteiger partial charge in [-0.2, -0.15) is 0 Å². The van der Waals surface area contributed by atoms with Gasteiger partial charge in [0.05, 0.1) is 6.61 Å². The van der Waals surface area contributed by atoms with Crippen molar-refractivity contribution in [3.8, 4) is 0 Å². The van der Waals surface area contributed by atoms with Crippen LogP contribution in [0.3, 0.4) is 0 Å². The van der Waals surface area contributed by atoms with Crippen LogP contribution in [0, 0.1) is 5.41 Å². The first-order valence-electron chi connectivity index (χ1n) is 4.24. The average molecular weight is 156 g/mol. The fourth-order valence-electron chi connectivity index (χ4n) is 1.36. The lowest BCUT2D eigenvalue weighted by Gasteiger charge is -2.25. The van der Waals surface area contributed by atoms with Gasteiger partial charge in [0, 0.05) is 18.4 Å². The first-order valence-corrected chi connectivity index (χ1v) is 4.24. The third-order valence-corrected chi connectivity index (χ3v) is 2.32. The van der Waals surface area contributed by atoms with Gasteiger partial charge >= 0.3 is 0 Å². The Morgan fingerprint density at radius 3 is 2.82 bits per heavy atom. The van der Waals surface area contributed by atoms with Crippen molar-refractivity contribution in [3.63, 3.8) is 0 Å². The highest BCUT2D eigenvalue weighted by Crippen LogP contribution is 2.26. The Balaban J connectivity index is 2.54. The molecule has 1 heterocycles. The molecule has 1 aliphatic heterocycles. The van der Waals surface area contributed by atoms with E-state index in [0.717, 1.165) is 19.4 Å². The third-order valence-electron chi connectivity index (χ3n) is 2.32. The number of Topliss-reactive ketones (excluding diaryl/α,β-unsaturated/α-hetero) is 1. The van der Waals surface area contributed by atoms with Crippen LogP contribution < -0.4 is 0 Å². The molecule has 1 fully saturated rings.